The summed E-state index contributed by atoms with van der Waals surface area (Å²) in [6.07, 6.45) is 3.19. The Morgan fingerprint density at radius 3 is 2.10 bits per heavy atom. The van der Waals surface area contributed by atoms with Gasteiger partial charge in [-0.25, -0.2) is 0 Å². The van der Waals surface area contributed by atoms with Crippen LogP contribution in [0.1, 0.15) is 65.4 Å². The van der Waals surface area contributed by atoms with Gasteiger partial charge < -0.3 is 9.47 Å². The first-order valence-corrected chi connectivity index (χ1v) is 8.00. The SMILES string of the molecule is CCCC(c1ccc(OC(CC)OCC)cc1)C(C)C. The lowest BCUT2D eigenvalue weighted by Gasteiger charge is -2.22. The minimum Gasteiger partial charge on any atom is -0.465 e. The van der Waals surface area contributed by atoms with Gasteiger partial charge in [-0.1, -0.05) is 46.2 Å². The molecule has 0 radical (unpaired) electrons. The Bertz CT molecular complexity index is 356. The molecule has 0 saturated carbocycles. The Balaban J connectivity index is 2.71. The molecule has 114 valence electrons. The van der Waals surface area contributed by atoms with Crippen molar-refractivity contribution in [3.8, 4) is 5.75 Å². The zero-order valence-corrected chi connectivity index (χ0v) is 13.7. The first-order valence-electron chi connectivity index (χ1n) is 8.00. The molecule has 0 heterocycles. The van der Waals surface area contributed by atoms with Crippen LogP contribution >= 0.6 is 0 Å². The molecule has 20 heavy (non-hydrogen) atoms. The van der Waals surface area contributed by atoms with E-state index in [-0.39, 0.29) is 6.29 Å². The quantitative estimate of drug-likeness (QED) is 0.565. The summed E-state index contributed by atoms with van der Waals surface area (Å²) in [6.45, 7) is 11.6. The van der Waals surface area contributed by atoms with Crippen molar-refractivity contribution in [1.82, 2.24) is 0 Å². The average Bonchev–Trinajstić information content (AvgIpc) is 2.45. The second-order valence-electron chi connectivity index (χ2n) is 5.62. The highest BCUT2D eigenvalue weighted by atomic mass is 16.7. The Morgan fingerprint density at radius 2 is 1.65 bits per heavy atom. The fourth-order valence-corrected chi connectivity index (χ4v) is 2.56. The van der Waals surface area contributed by atoms with Crippen molar-refractivity contribution < 1.29 is 9.47 Å². The van der Waals surface area contributed by atoms with Crippen LogP contribution in [0.25, 0.3) is 0 Å². The van der Waals surface area contributed by atoms with Crippen molar-refractivity contribution in [3.63, 3.8) is 0 Å². The highest BCUT2D eigenvalue weighted by Crippen LogP contribution is 2.30. The molecule has 2 atom stereocenters. The van der Waals surface area contributed by atoms with Gasteiger partial charge in [-0.2, -0.15) is 0 Å². The summed E-state index contributed by atoms with van der Waals surface area (Å²) in [6, 6.07) is 8.55. The summed E-state index contributed by atoms with van der Waals surface area (Å²) in [7, 11) is 0. The number of hydrogen-bond acceptors (Lipinski definition) is 2. The maximum absolute atomic E-state index is 5.84. The molecular weight excluding hydrogens is 248 g/mol. The largest absolute Gasteiger partial charge is 0.465 e. The fraction of sp³-hybridized carbons (Fsp3) is 0.667. The Hall–Kier alpha value is -1.02. The molecule has 2 heteroatoms. The average molecular weight is 278 g/mol. The van der Waals surface area contributed by atoms with Crippen LogP contribution in [0.15, 0.2) is 24.3 Å². The van der Waals surface area contributed by atoms with E-state index in [9.17, 15) is 0 Å². The molecule has 0 aromatic heterocycles. The topological polar surface area (TPSA) is 18.5 Å². The van der Waals surface area contributed by atoms with Crippen LogP contribution < -0.4 is 4.74 Å². The van der Waals surface area contributed by atoms with Crippen molar-refractivity contribution in [2.45, 2.75) is 66.1 Å². The van der Waals surface area contributed by atoms with Gasteiger partial charge in [0.05, 0.1) is 0 Å². The summed E-state index contributed by atoms with van der Waals surface area (Å²) in [5, 5.41) is 0. The summed E-state index contributed by atoms with van der Waals surface area (Å²) < 4.78 is 11.4. The van der Waals surface area contributed by atoms with Crippen molar-refractivity contribution in [2.75, 3.05) is 6.61 Å². The lowest BCUT2D eigenvalue weighted by atomic mass is 9.85. The molecule has 0 bridgehead atoms. The van der Waals surface area contributed by atoms with Gasteiger partial charge >= 0.3 is 0 Å². The number of hydrogen-bond donors (Lipinski definition) is 0. The highest BCUT2D eigenvalue weighted by Gasteiger charge is 2.15. The molecule has 0 spiro atoms. The zero-order valence-electron chi connectivity index (χ0n) is 13.7. The highest BCUT2D eigenvalue weighted by molar-refractivity contribution is 5.29. The molecule has 1 aromatic carbocycles. The molecule has 1 rings (SSSR count). The standard InChI is InChI=1S/C18H30O2/c1-6-9-17(14(4)5)15-10-12-16(13-11-15)20-18(7-2)19-8-3/h10-14,17-18H,6-9H2,1-5H3. The van der Waals surface area contributed by atoms with Gasteiger partial charge in [-0.15, -0.1) is 0 Å². The van der Waals surface area contributed by atoms with Gasteiger partial charge in [0, 0.05) is 13.0 Å². The normalized spacial score (nSPS) is 14.3. The number of benzene rings is 1. The second-order valence-corrected chi connectivity index (χ2v) is 5.62. The maximum atomic E-state index is 5.84. The molecule has 0 saturated heterocycles. The molecule has 0 aliphatic rings. The first kappa shape index (κ1) is 17.0. The maximum Gasteiger partial charge on any atom is 0.199 e. The molecule has 2 unspecified atom stereocenters. The van der Waals surface area contributed by atoms with Crippen LogP contribution in [0.5, 0.6) is 5.75 Å². The summed E-state index contributed by atoms with van der Waals surface area (Å²) in [5.74, 6) is 2.21. The fourth-order valence-electron chi connectivity index (χ4n) is 2.56. The van der Waals surface area contributed by atoms with Crippen LogP contribution in [0.4, 0.5) is 0 Å². The molecule has 0 fully saturated rings. The number of ether oxygens (including phenoxy) is 2. The van der Waals surface area contributed by atoms with E-state index in [4.69, 9.17) is 9.47 Å². The zero-order chi connectivity index (χ0) is 15.0. The van der Waals surface area contributed by atoms with E-state index in [1.54, 1.807) is 0 Å². The molecular formula is C18H30O2. The Labute approximate surface area is 124 Å². The van der Waals surface area contributed by atoms with E-state index in [1.165, 1.54) is 18.4 Å². The molecule has 0 amide bonds. The van der Waals surface area contributed by atoms with E-state index in [0.717, 1.165) is 12.2 Å². The lowest BCUT2D eigenvalue weighted by Crippen LogP contribution is -2.19. The summed E-state index contributed by atoms with van der Waals surface area (Å²) in [4.78, 5) is 0. The van der Waals surface area contributed by atoms with E-state index in [0.29, 0.717) is 18.4 Å². The lowest BCUT2D eigenvalue weighted by molar-refractivity contribution is -0.0766. The van der Waals surface area contributed by atoms with Crippen molar-refractivity contribution >= 4 is 0 Å². The summed E-state index contributed by atoms with van der Waals surface area (Å²) >= 11 is 0. The minimum absolute atomic E-state index is 0.137. The minimum atomic E-state index is -0.137. The summed E-state index contributed by atoms with van der Waals surface area (Å²) in [5.41, 5.74) is 1.42. The van der Waals surface area contributed by atoms with Gasteiger partial charge in [-0.3, -0.25) is 0 Å². The van der Waals surface area contributed by atoms with Crippen LogP contribution in [-0.4, -0.2) is 12.9 Å². The van der Waals surface area contributed by atoms with E-state index < -0.39 is 0 Å². The van der Waals surface area contributed by atoms with Crippen molar-refractivity contribution in [3.05, 3.63) is 29.8 Å². The van der Waals surface area contributed by atoms with Gasteiger partial charge in [0.15, 0.2) is 6.29 Å². The van der Waals surface area contributed by atoms with E-state index >= 15 is 0 Å². The second kappa shape index (κ2) is 9.02. The van der Waals surface area contributed by atoms with E-state index in [2.05, 4.69) is 52.0 Å². The van der Waals surface area contributed by atoms with Gasteiger partial charge in [0.1, 0.15) is 5.75 Å². The third-order valence-corrected chi connectivity index (χ3v) is 3.67. The third kappa shape index (κ3) is 5.16. The van der Waals surface area contributed by atoms with E-state index in [1.807, 2.05) is 6.92 Å². The number of rotatable bonds is 9. The molecule has 2 nitrogen and oxygen atoms in total. The Kier molecular flexibility index (Phi) is 7.68. The van der Waals surface area contributed by atoms with Gasteiger partial charge in [0.2, 0.25) is 0 Å². The van der Waals surface area contributed by atoms with Crippen molar-refractivity contribution in [1.29, 1.82) is 0 Å². The smallest absolute Gasteiger partial charge is 0.199 e. The van der Waals surface area contributed by atoms with Crippen LogP contribution in [0, 0.1) is 5.92 Å². The molecule has 0 N–H and O–H groups in total. The first-order chi connectivity index (χ1) is 9.62. The molecule has 1 aromatic rings. The van der Waals surface area contributed by atoms with Crippen molar-refractivity contribution in [2.24, 2.45) is 5.92 Å². The predicted octanol–water partition coefficient (Wildman–Crippen LogP) is 5.38. The molecule has 0 aliphatic carbocycles. The van der Waals surface area contributed by atoms with Crippen LogP contribution in [0.3, 0.4) is 0 Å². The van der Waals surface area contributed by atoms with Crippen LogP contribution in [0.2, 0.25) is 0 Å². The predicted molar refractivity (Wildman–Crippen MR) is 85.3 cm³/mol. The Morgan fingerprint density at radius 1 is 1.00 bits per heavy atom. The molecule has 0 aliphatic heterocycles. The van der Waals surface area contributed by atoms with Crippen LogP contribution in [-0.2, 0) is 4.74 Å². The van der Waals surface area contributed by atoms with Gasteiger partial charge in [-0.05, 0) is 42.9 Å². The third-order valence-electron chi connectivity index (χ3n) is 3.67. The monoisotopic (exact) mass is 278 g/mol. The van der Waals surface area contributed by atoms with Gasteiger partial charge in [0.25, 0.3) is 0 Å².